The Balaban J connectivity index is 0.000000437. The minimum Gasteiger partial charge on any atom is -0.559 e. The van der Waals surface area contributed by atoms with Crippen LogP contribution in [0.25, 0.3) is 0 Å². The van der Waals surface area contributed by atoms with Gasteiger partial charge in [0, 0.05) is 29.9 Å². The second-order valence-electron chi connectivity index (χ2n) is 3.87. The highest BCUT2D eigenvalue weighted by Gasteiger charge is 2.06. The average molecular weight is 269 g/mol. The first-order chi connectivity index (χ1) is 8.10. The fourth-order valence-electron chi connectivity index (χ4n) is 1.48. The Morgan fingerprint density at radius 1 is 1.35 bits per heavy atom. The highest BCUT2D eigenvalue weighted by Crippen LogP contribution is 2.06. The van der Waals surface area contributed by atoms with Gasteiger partial charge in [-0.3, -0.25) is 0 Å². The van der Waals surface area contributed by atoms with Crippen LogP contribution in [0, 0.1) is 0 Å². The Morgan fingerprint density at radius 3 is 2.41 bits per heavy atom. The molecule has 102 valence electrons. The van der Waals surface area contributed by atoms with Crippen LogP contribution >= 0.6 is 0 Å². The molecule has 0 spiro atoms. The van der Waals surface area contributed by atoms with Crippen LogP contribution in [0.4, 0.5) is 8.37 Å². The van der Waals surface area contributed by atoms with Gasteiger partial charge in [-0.05, 0) is 6.42 Å². The molecule has 17 heavy (non-hydrogen) atoms. The van der Waals surface area contributed by atoms with E-state index in [-0.39, 0.29) is 0 Å². The molecule has 1 aliphatic heterocycles. The normalized spacial score (nSPS) is 15.8. The summed E-state index contributed by atoms with van der Waals surface area (Å²) in [5, 5.41) is 0. The monoisotopic (exact) mass is 269 g/mol. The lowest BCUT2D eigenvalue weighted by atomic mass is 10.2. The topological polar surface area (TPSA) is 41.6 Å². The molecule has 4 nitrogen and oxygen atoms in total. The van der Waals surface area contributed by atoms with E-state index in [4.69, 9.17) is 4.55 Å². The van der Waals surface area contributed by atoms with Gasteiger partial charge in [-0.15, -0.1) is 0 Å². The standard InChI is InChI=1S/C10H20N2.F2HNOS/c1-3-4-5-6-7-12-9-8-11(2)10-12;1-3-5(2)4/h8-9H,3-7,10H2,1-2H3;3H. The summed E-state index contributed by atoms with van der Waals surface area (Å²) in [5.74, 6) is 0. The third kappa shape index (κ3) is 10.3. The summed E-state index contributed by atoms with van der Waals surface area (Å²) in [6.45, 7) is 4.55. The molecule has 0 saturated heterocycles. The summed E-state index contributed by atoms with van der Waals surface area (Å²) in [6.07, 6.45) is 9.76. The van der Waals surface area contributed by atoms with E-state index in [0.717, 1.165) is 6.67 Å². The van der Waals surface area contributed by atoms with Crippen LogP contribution in [0.1, 0.15) is 32.6 Å². The Bertz CT molecular complexity index is 208. The lowest BCUT2D eigenvalue weighted by Crippen LogP contribution is -2.23. The molecule has 0 amide bonds. The fraction of sp³-hybridized carbons (Fsp3) is 0.800. The lowest BCUT2D eigenvalue weighted by molar-refractivity contribution is 0.291. The van der Waals surface area contributed by atoms with Crippen LogP contribution in [0.3, 0.4) is 0 Å². The molecule has 1 aliphatic rings. The van der Waals surface area contributed by atoms with Crippen molar-refractivity contribution in [1.29, 1.82) is 0 Å². The van der Waals surface area contributed by atoms with Gasteiger partial charge in [0.2, 0.25) is 0 Å². The van der Waals surface area contributed by atoms with Crippen molar-refractivity contribution in [3.8, 4) is 0 Å². The molecular weight excluding hydrogens is 248 g/mol. The van der Waals surface area contributed by atoms with Gasteiger partial charge in [0.15, 0.2) is 0 Å². The van der Waals surface area contributed by atoms with Gasteiger partial charge in [-0.2, -0.15) is 0 Å². The van der Waals surface area contributed by atoms with E-state index >= 15 is 0 Å². The second-order valence-corrected chi connectivity index (χ2v) is 4.47. The van der Waals surface area contributed by atoms with Gasteiger partial charge in [-0.1, -0.05) is 30.7 Å². The number of nitrogens with zero attached hydrogens (tertiary/aromatic N) is 2. The van der Waals surface area contributed by atoms with Crippen molar-refractivity contribution in [3.63, 3.8) is 0 Å². The molecule has 0 saturated carbocycles. The predicted octanol–water partition coefficient (Wildman–Crippen LogP) is 2.25. The first kappa shape index (κ1) is 16.5. The number of hydrogen-bond acceptors (Lipinski definition) is 4. The van der Waals surface area contributed by atoms with Gasteiger partial charge in [0.25, 0.3) is 0 Å². The number of halogens is 2. The van der Waals surface area contributed by atoms with Crippen LogP contribution in [-0.2, 0) is 11.7 Å². The molecule has 1 atom stereocenters. The van der Waals surface area contributed by atoms with Crippen LogP contribution in [0.2, 0.25) is 0 Å². The maximum Gasteiger partial charge on any atom is 0.305 e. The van der Waals surface area contributed by atoms with Gasteiger partial charge in [0.05, 0.1) is 11.6 Å². The quantitative estimate of drug-likeness (QED) is 0.456. The van der Waals surface area contributed by atoms with E-state index in [1.54, 1.807) is 0 Å². The Labute approximate surface area is 105 Å². The largest absolute Gasteiger partial charge is 0.559 e. The molecule has 0 aliphatic carbocycles. The molecule has 0 aromatic rings. The number of hydrogen-bond donors (Lipinski definition) is 1. The average Bonchev–Trinajstić information content (AvgIpc) is 2.71. The summed E-state index contributed by atoms with van der Waals surface area (Å²) < 4.78 is 29.4. The van der Waals surface area contributed by atoms with Gasteiger partial charge >= 0.3 is 11.7 Å². The molecule has 7 heteroatoms. The minimum absolute atomic E-state index is 0.333. The van der Waals surface area contributed by atoms with E-state index < -0.39 is 11.7 Å². The van der Waals surface area contributed by atoms with Crippen LogP contribution in [0.15, 0.2) is 12.4 Å². The van der Waals surface area contributed by atoms with Crippen LogP contribution < -0.4 is 4.94 Å². The van der Waals surface area contributed by atoms with Crippen LogP contribution in [-0.4, -0.2) is 34.6 Å². The van der Waals surface area contributed by atoms with Crippen molar-refractivity contribution in [2.75, 3.05) is 20.3 Å². The molecule has 1 N–H and O–H groups in total. The van der Waals surface area contributed by atoms with Crippen molar-refractivity contribution in [2.24, 2.45) is 0 Å². The summed E-state index contributed by atoms with van der Waals surface area (Å²) in [5.41, 5.74) is 0. The molecular formula is C10H21F2N3OS. The zero-order valence-electron chi connectivity index (χ0n) is 10.4. The first-order valence-corrected chi connectivity index (χ1v) is 6.72. The summed E-state index contributed by atoms with van der Waals surface area (Å²) in [4.78, 5) is 4.91. The maximum absolute atomic E-state index is 10.4. The van der Waals surface area contributed by atoms with E-state index in [0.29, 0.717) is 4.94 Å². The van der Waals surface area contributed by atoms with E-state index in [9.17, 15) is 8.37 Å². The zero-order chi connectivity index (χ0) is 13.1. The summed E-state index contributed by atoms with van der Waals surface area (Å²) >= 11 is -2.99. The van der Waals surface area contributed by atoms with Crippen molar-refractivity contribution in [2.45, 2.75) is 32.6 Å². The van der Waals surface area contributed by atoms with Crippen molar-refractivity contribution in [1.82, 2.24) is 14.7 Å². The first-order valence-electron chi connectivity index (χ1n) is 5.67. The Morgan fingerprint density at radius 2 is 2.00 bits per heavy atom. The van der Waals surface area contributed by atoms with Crippen molar-refractivity contribution < 1.29 is 12.9 Å². The number of unbranched alkanes of at least 4 members (excludes halogenated alkanes) is 3. The Kier molecular flexibility index (Phi) is 10.3. The SMILES string of the molecule is CCCCCCN1C=CN(C)C1.[O-][S+](F)NF. The number of nitrogens with one attached hydrogen (secondary N) is 1. The highest BCUT2D eigenvalue weighted by molar-refractivity contribution is 7.84. The Hall–Kier alpha value is -0.530. The lowest BCUT2D eigenvalue weighted by Gasteiger charge is -2.17. The molecule has 0 bridgehead atoms. The third-order valence-electron chi connectivity index (χ3n) is 2.30. The molecule has 0 radical (unpaired) electrons. The zero-order valence-corrected chi connectivity index (χ0v) is 11.2. The summed E-state index contributed by atoms with van der Waals surface area (Å²) in [6, 6.07) is 0. The van der Waals surface area contributed by atoms with Gasteiger partial charge in [0.1, 0.15) is 0 Å². The minimum atomic E-state index is -2.99. The highest BCUT2D eigenvalue weighted by atomic mass is 32.3. The maximum atomic E-state index is 10.4. The van der Waals surface area contributed by atoms with Gasteiger partial charge < -0.3 is 14.4 Å². The smallest absolute Gasteiger partial charge is 0.305 e. The van der Waals surface area contributed by atoms with Crippen molar-refractivity contribution >= 4 is 11.7 Å². The third-order valence-corrected chi connectivity index (χ3v) is 2.42. The summed E-state index contributed by atoms with van der Waals surface area (Å²) in [7, 11) is 2.11. The van der Waals surface area contributed by atoms with Crippen molar-refractivity contribution in [3.05, 3.63) is 12.4 Å². The van der Waals surface area contributed by atoms with E-state index in [2.05, 4.69) is 36.2 Å². The molecule has 0 fully saturated rings. The van der Waals surface area contributed by atoms with Crippen LogP contribution in [0.5, 0.6) is 0 Å². The molecule has 1 heterocycles. The molecule has 0 aromatic carbocycles. The molecule has 1 rings (SSSR count). The molecule has 1 unspecified atom stereocenters. The predicted molar refractivity (Wildman–Crippen MR) is 66.1 cm³/mol. The van der Waals surface area contributed by atoms with E-state index in [1.165, 1.54) is 32.2 Å². The number of rotatable bonds is 6. The second kappa shape index (κ2) is 10.6. The van der Waals surface area contributed by atoms with E-state index in [1.807, 2.05) is 0 Å². The fourth-order valence-corrected chi connectivity index (χ4v) is 1.48. The van der Waals surface area contributed by atoms with Gasteiger partial charge in [-0.25, -0.2) is 0 Å². The molecule has 0 aromatic heterocycles.